The molecule has 306 valence electrons. The summed E-state index contributed by atoms with van der Waals surface area (Å²) in [6.07, 6.45) is -8.48. The highest BCUT2D eigenvalue weighted by Gasteiger charge is 2.47. The number of nitrogens with two attached hydrogens (primary N) is 1. The lowest BCUT2D eigenvalue weighted by atomic mass is 9.87. The minimum atomic E-state index is -5.92. The maximum absolute atomic E-state index is 12.5. The largest absolute Gasteiger partial charge is 0.790 e. The van der Waals surface area contributed by atoms with Gasteiger partial charge in [0.1, 0.15) is 36.3 Å². The monoisotopic (exact) mass is 849 g/mol. The van der Waals surface area contributed by atoms with Crippen molar-refractivity contribution in [1.82, 2.24) is 30.2 Å². The van der Waals surface area contributed by atoms with Gasteiger partial charge in [-0.2, -0.15) is 0 Å². The third-order valence-electron chi connectivity index (χ3n) is 7.20. The maximum atomic E-state index is 12.5. The second-order valence-electron chi connectivity index (χ2n) is 12.3. The van der Waals surface area contributed by atoms with Crippen LogP contribution in [0.15, 0.2) is 12.7 Å². The van der Waals surface area contributed by atoms with E-state index < -0.39 is 90.7 Å². The average molecular weight is 850 g/mol. The van der Waals surface area contributed by atoms with E-state index >= 15 is 0 Å². The molecule has 3 rings (SSSR count). The Bertz CT molecular complexity index is 1780. The van der Waals surface area contributed by atoms with Crippen molar-refractivity contribution in [2.45, 2.75) is 70.4 Å². The van der Waals surface area contributed by atoms with Crippen LogP contribution in [-0.4, -0.2) is 114 Å². The highest BCUT2D eigenvalue weighted by molar-refractivity contribution is 8.13. The number of ether oxygens (including phenoxy) is 1. The van der Waals surface area contributed by atoms with Crippen LogP contribution in [0.4, 0.5) is 5.82 Å². The van der Waals surface area contributed by atoms with E-state index in [-0.39, 0.29) is 53.8 Å². The Hall–Kier alpha value is -2.48. The van der Waals surface area contributed by atoms with Gasteiger partial charge in [0.05, 0.1) is 33.5 Å². The summed E-state index contributed by atoms with van der Waals surface area (Å²) in [5.74, 6) is -1.36. The number of nitrogens with zero attached hydrogens (tertiary/aromatic N) is 4. The van der Waals surface area contributed by atoms with Crippen molar-refractivity contribution in [2.75, 3.05) is 37.8 Å². The molecule has 1 aliphatic heterocycles. The van der Waals surface area contributed by atoms with Gasteiger partial charge in [0.2, 0.25) is 11.8 Å². The Morgan fingerprint density at radius 3 is 2.39 bits per heavy atom. The molecule has 8 atom stereocenters. The predicted octanol–water partition coefficient (Wildman–Crippen LogP) is -4.09. The number of phosphoric acid groups is 3. The number of carbonyl (C=O) groups excluding carboxylic acids is 3. The van der Waals surface area contributed by atoms with Gasteiger partial charge in [-0.3, -0.25) is 28.1 Å². The van der Waals surface area contributed by atoms with E-state index in [4.69, 9.17) is 10.5 Å². The lowest BCUT2D eigenvalue weighted by molar-refractivity contribution is -0.347. The molecule has 0 bridgehead atoms. The number of thioether (sulfide) groups is 1. The van der Waals surface area contributed by atoms with Crippen molar-refractivity contribution < 1.29 is 85.6 Å². The number of phosphoric ester groups is 3. The smallest absolute Gasteiger partial charge is 0.274 e. The summed E-state index contributed by atoms with van der Waals surface area (Å²) in [5.41, 5.74) is 4.04. The zero-order valence-electron chi connectivity index (χ0n) is 28.7. The zero-order valence-corrected chi connectivity index (χ0v) is 32.1. The van der Waals surface area contributed by atoms with Crippen molar-refractivity contribution in [3.05, 3.63) is 12.7 Å². The van der Waals surface area contributed by atoms with Gasteiger partial charge in [0.15, 0.2) is 22.8 Å². The van der Waals surface area contributed by atoms with Crippen LogP contribution in [0.1, 0.15) is 39.8 Å². The third-order valence-corrected chi connectivity index (χ3v) is 11.1. The van der Waals surface area contributed by atoms with Crippen LogP contribution in [-0.2, 0) is 50.7 Å². The molecule has 0 saturated carbocycles. The molecular weight excluding hydrogens is 811 g/mol. The number of fused-ring (bicyclic) bond motifs is 1. The van der Waals surface area contributed by atoms with Gasteiger partial charge in [-0.15, -0.1) is 0 Å². The molecule has 25 nitrogen and oxygen atoms in total. The second-order valence-corrected chi connectivity index (χ2v) is 17.5. The first-order chi connectivity index (χ1) is 24.9. The quantitative estimate of drug-likeness (QED) is 0.0513. The highest BCUT2D eigenvalue weighted by Crippen LogP contribution is 2.56. The van der Waals surface area contributed by atoms with Gasteiger partial charge >= 0.3 is 0 Å². The Balaban J connectivity index is 1.51. The van der Waals surface area contributed by atoms with Crippen LogP contribution < -0.4 is 35.9 Å². The van der Waals surface area contributed by atoms with Crippen LogP contribution in [0.3, 0.4) is 0 Å². The van der Waals surface area contributed by atoms with Crippen LogP contribution in [0, 0.1) is 5.41 Å². The number of hydrogen-bond acceptors (Lipinski definition) is 23. The van der Waals surface area contributed by atoms with E-state index in [0.29, 0.717) is 0 Å². The van der Waals surface area contributed by atoms with Crippen LogP contribution in [0.25, 0.3) is 11.2 Å². The summed E-state index contributed by atoms with van der Waals surface area (Å²) >= 11 is 0.927. The molecule has 0 aromatic carbocycles. The average Bonchev–Trinajstić information content (AvgIpc) is 3.60. The molecule has 2 amide bonds. The van der Waals surface area contributed by atoms with E-state index in [1.165, 1.54) is 20.8 Å². The molecule has 1 saturated heterocycles. The number of amides is 2. The molecule has 3 heterocycles. The Morgan fingerprint density at radius 2 is 1.74 bits per heavy atom. The van der Waals surface area contributed by atoms with Gasteiger partial charge in [-0.1, -0.05) is 25.6 Å². The van der Waals surface area contributed by atoms with Crippen LogP contribution >= 0.6 is 35.2 Å². The molecule has 7 unspecified atom stereocenters. The minimum Gasteiger partial charge on any atom is -0.790 e. The molecule has 2 aromatic rings. The topological polar surface area (TPSA) is 395 Å². The van der Waals surface area contributed by atoms with Crippen molar-refractivity contribution >= 4 is 69.1 Å². The third kappa shape index (κ3) is 13.9. The van der Waals surface area contributed by atoms with Crippen molar-refractivity contribution in [3.8, 4) is 0 Å². The number of imidazole rings is 1. The Kier molecular flexibility index (Phi) is 16.2. The molecule has 1 fully saturated rings. The van der Waals surface area contributed by atoms with E-state index in [1.807, 2.05) is 0 Å². The number of aliphatic hydroxyl groups is 3. The number of rotatable bonds is 21. The molecule has 7 N–H and O–H groups in total. The fourth-order valence-corrected chi connectivity index (χ4v) is 8.10. The number of anilines is 1. The van der Waals surface area contributed by atoms with Gasteiger partial charge in [0.25, 0.3) is 15.6 Å². The van der Waals surface area contributed by atoms with Crippen molar-refractivity contribution in [1.29, 1.82) is 0 Å². The Morgan fingerprint density at radius 1 is 1.07 bits per heavy atom. The molecule has 2 aromatic heterocycles. The lowest BCUT2D eigenvalue weighted by Crippen LogP contribution is -2.46. The van der Waals surface area contributed by atoms with Gasteiger partial charge in [0, 0.05) is 37.1 Å². The summed E-state index contributed by atoms with van der Waals surface area (Å²) in [4.78, 5) is 95.3. The molecule has 29 heteroatoms. The first-order valence-corrected chi connectivity index (χ1v) is 20.9. The lowest BCUT2D eigenvalue weighted by Gasteiger charge is -2.36. The molecule has 1 aliphatic rings. The summed E-state index contributed by atoms with van der Waals surface area (Å²) in [5, 5.41) is 35.0. The van der Waals surface area contributed by atoms with Crippen molar-refractivity contribution in [3.63, 3.8) is 0 Å². The summed E-state index contributed by atoms with van der Waals surface area (Å²) < 4.78 is 60.3. The van der Waals surface area contributed by atoms with E-state index in [1.54, 1.807) is 0 Å². The first-order valence-electron chi connectivity index (χ1n) is 15.6. The van der Waals surface area contributed by atoms with E-state index in [0.717, 1.165) is 29.0 Å². The van der Waals surface area contributed by atoms with Crippen LogP contribution in [0.2, 0.25) is 0 Å². The maximum Gasteiger partial charge on any atom is 0.274 e. The summed E-state index contributed by atoms with van der Waals surface area (Å²) in [6.45, 7) is 1.43. The highest BCUT2D eigenvalue weighted by atomic mass is 32.2. The Labute approximate surface area is 310 Å². The van der Waals surface area contributed by atoms with Crippen LogP contribution in [0.5, 0.6) is 0 Å². The number of aromatic nitrogens is 4. The van der Waals surface area contributed by atoms with Gasteiger partial charge in [-0.05, 0) is 6.92 Å². The summed E-state index contributed by atoms with van der Waals surface area (Å²) in [6, 6.07) is 0. The SMILES string of the molecule is C[C@@H](O)CC(=O)SCCNC(=O)CCNC(=O)C(O)C(C)(C)COP(=O)([O-])OP(=O)([O-])OCC1OC(n2cnc3c(N)ncnc32)C(O)C1OP(=O)([O-])[O-]. The summed E-state index contributed by atoms with van der Waals surface area (Å²) in [7, 11) is -17.6. The fourth-order valence-electron chi connectivity index (χ4n) is 4.57. The number of hydrogen-bond donors (Lipinski definition) is 6. The molecule has 0 radical (unpaired) electrons. The normalized spacial score (nSPS) is 22.6. The molecular formula is C25H38N7O18P3S-4. The van der Waals surface area contributed by atoms with E-state index in [2.05, 4.69) is 43.5 Å². The molecule has 0 spiro atoms. The van der Waals surface area contributed by atoms with E-state index in [9.17, 15) is 63.0 Å². The minimum absolute atomic E-state index is 0.0260. The van der Waals surface area contributed by atoms with Gasteiger partial charge in [-0.25, -0.2) is 19.3 Å². The number of nitrogen functional groups attached to an aromatic ring is 1. The molecule has 0 aliphatic carbocycles. The first kappa shape index (κ1) is 45.9. The molecule has 54 heavy (non-hydrogen) atoms. The number of nitrogens with one attached hydrogen (secondary N) is 2. The van der Waals surface area contributed by atoms with Crippen molar-refractivity contribution in [2.24, 2.45) is 5.41 Å². The second kappa shape index (κ2) is 19.1. The fraction of sp³-hybridized carbons (Fsp3) is 0.680. The zero-order chi connectivity index (χ0) is 40.6. The predicted molar refractivity (Wildman–Crippen MR) is 175 cm³/mol. The number of aliphatic hydroxyl groups excluding tert-OH is 3. The standard InChI is InChI=1S/C25H42N7O18P3S/c1-13(33)8-16(35)54-7-6-27-15(34)4-5-28-23(38)20(37)25(2,3)10-47-53(44,45)50-52(42,43)46-9-14-19(49-51(39,40)41)18(36)24(48-14)32-12-31-17-21(26)29-11-30-22(17)32/h11-14,18-20,24,33,36-37H,4-10H2,1-3H3,(H,27,34)(H,28,38)(H,42,43)(H,44,45)(H2,26,29,30)(H2,39,40,41)/p-4/t13-,14?,18?,19?,20?,24?/m1/s1. The number of carbonyl (C=O) groups is 3. The van der Waals surface area contributed by atoms with Gasteiger partial charge < -0.3 is 74.1 Å².